The van der Waals surface area contributed by atoms with Gasteiger partial charge >= 0.3 is 11.8 Å². The lowest BCUT2D eigenvalue weighted by atomic mass is 9.85. The number of halogens is 1. The van der Waals surface area contributed by atoms with Crippen LogP contribution in [0.1, 0.15) is 37.7 Å². The van der Waals surface area contributed by atoms with Crippen LogP contribution in [-0.4, -0.2) is 29.1 Å². The van der Waals surface area contributed by atoms with Crippen LogP contribution < -0.4 is 10.6 Å². The Morgan fingerprint density at radius 3 is 2.55 bits per heavy atom. The van der Waals surface area contributed by atoms with Gasteiger partial charge in [-0.3, -0.25) is 9.59 Å². The van der Waals surface area contributed by atoms with Crippen LogP contribution in [0.5, 0.6) is 0 Å². The smallest absolute Gasteiger partial charge is 0.313 e. The fraction of sp³-hybridized carbons (Fsp3) is 0.500. The second-order valence-electron chi connectivity index (χ2n) is 5.88. The number of carbonyl (C=O) groups excluding carboxylic acids is 2. The predicted molar refractivity (Wildman–Crippen MR) is 80.8 cm³/mol. The number of hydrogen-bond donors (Lipinski definition) is 3. The lowest BCUT2D eigenvalue weighted by Crippen LogP contribution is -2.47. The van der Waals surface area contributed by atoms with Crippen LogP contribution in [0.4, 0.5) is 10.1 Å². The van der Waals surface area contributed by atoms with E-state index in [9.17, 15) is 19.1 Å². The summed E-state index contributed by atoms with van der Waals surface area (Å²) in [4.78, 5) is 23.6. The minimum absolute atomic E-state index is 0.0711. The summed E-state index contributed by atoms with van der Waals surface area (Å²) >= 11 is 0. The Hall–Kier alpha value is -1.95. The van der Waals surface area contributed by atoms with Crippen molar-refractivity contribution in [3.63, 3.8) is 0 Å². The lowest BCUT2D eigenvalue weighted by Gasteiger charge is -2.31. The normalized spacial score (nSPS) is 16.9. The molecule has 0 atom stereocenters. The second kappa shape index (κ2) is 6.87. The minimum atomic E-state index is -0.917. The molecule has 22 heavy (non-hydrogen) atoms. The molecule has 2 rings (SSSR count). The highest BCUT2D eigenvalue weighted by Crippen LogP contribution is 2.27. The SMILES string of the molecule is Cc1cc(F)ccc1NC(=O)C(=O)NCC1(O)CCCCC1. The first-order chi connectivity index (χ1) is 10.4. The van der Waals surface area contributed by atoms with E-state index in [1.807, 2.05) is 0 Å². The molecule has 0 spiro atoms. The van der Waals surface area contributed by atoms with E-state index in [0.717, 1.165) is 19.3 Å². The largest absolute Gasteiger partial charge is 0.388 e. The van der Waals surface area contributed by atoms with E-state index in [1.165, 1.54) is 18.2 Å². The van der Waals surface area contributed by atoms with Gasteiger partial charge in [-0.25, -0.2) is 4.39 Å². The van der Waals surface area contributed by atoms with Gasteiger partial charge in [0.15, 0.2) is 0 Å². The number of anilines is 1. The third-order valence-electron chi connectivity index (χ3n) is 4.01. The van der Waals surface area contributed by atoms with Crippen LogP contribution in [0.3, 0.4) is 0 Å². The number of aliphatic hydroxyl groups is 1. The van der Waals surface area contributed by atoms with Crippen LogP contribution in [-0.2, 0) is 9.59 Å². The van der Waals surface area contributed by atoms with E-state index in [0.29, 0.717) is 24.1 Å². The van der Waals surface area contributed by atoms with Gasteiger partial charge < -0.3 is 15.7 Å². The molecule has 2 amide bonds. The number of nitrogens with one attached hydrogen (secondary N) is 2. The summed E-state index contributed by atoms with van der Waals surface area (Å²) in [5.41, 5.74) is 0.00460. The van der Waals surface area contributed by atoms with Gasteiger partial charge in [-0.1, -0.05) is 19.3 Å². The first-order valence-electron chi connectivity index (χ1n) is 7.47. The maximum Gasteiger partial charge on any atom is 0.313 e. The molecule has 1 aromatic rings. The summed E-state index contributed by atoms with van der Waals surface area (Å²) in [6, 6.07) is 3.90. The predicted octanol–water partition coefficient (Wildman–Crippen LogP) is 1.88. The van der Waals surface area contributed by atoms with Gasteiger partial charge in [0.2, 0.25) is 0 Å². The molecule has 1 aromatic carbocycles. The average molecular weight is 308 g/mol. The van der Waals surface area contributed by atoms with Gasteiger partial charge in [-0.05, 0) is 43.5 Å². The van der Waals surface area contributed by atoms with E-state index < -0.39 is 23.2 Å². The summed E-state index contributed by atoms with van der Waals surface area (Å²) < 4.78 is 13.0. The standard InChI is InChI=1S/C16H21FN2O3/c1-11-9-12(17)5-6-13(11)19-15(21)14(20)18-10-16(22)7-3-2-4-8-16/h5-6,9,22H,2-4,7-8,10H2,1H3,(H,18,20)(H,19,21). The van der Waals surface area contributed by atoms with Gasteiger partial charge in [0.05, 0.1) is 5.60 Å². The molecule has 1 fully saturated rings. The molecule has 0 unspecified atom stereocenters. The number of benzene rings is 1. The molecule has 6 heteroatoms. The minimum Gasteiger partial charge on any atom is -0.388 e. The monoisotopic (exact) mass is 308 g/mol. The highest BCUT2D eigenvalue weighted by atomic mass is 19.1. The fourth-order valence-corrected chi connectivity index (χ4v) is 2.66. The third kappa shape index (κ3) is 4.27. The van der Waals surface area contributed by atoms with Crippen molar-refractivity contribution in [3.8, 4) is 0 Å². The summed E-state index contributed by atoms with van der Waals surface area (Å²) in [6.45, 7) is 1.71. The van der Waals surface area contributed by atoms with Crippen molar-refractivity contribution in [3.05, 3.63) is 29.6 Å². The summed E-state index contributed by atoms with van der Waals surface area (Å²) in [5.74, 6) is -2.03. The maximum absolute atomic E-state index is 13.0. The first kappa shape index (κ1) is 16.4. The Kier molecular flexibility index (Phi) is 5.13. The highest BCUT2D eigenvalue weighted by molar-refractivity contribution is 6.39. The molecular formula is C16H21FN2O3. The molecule has 0 bridgehead atoms. The van der Waals surface area contributed by atoms with Crippen LogP contribution in [0, 0.1) is 12.7 Å². The van der Waals surface area contributed by atoms with Crippen LogP contribution >= 0.6 is 0 Å². The van der Waals surface area contributed by atoms with Crippen molar-refractivity contribution in [1.29, 1.82) is 0 Å². The van der Waals surface area contributed by atoms with Crippen molar-refractivity contribution < 1.29 is 19.1 Å². The Balaban J connectivity index is 1.88. The molecule has 0 saturated heterocycles. The number of carbonyl (C=O) groups is 2. The Bertz CT molecular complexity index is 569. The molecule has 1 aliphatic rings. The van der Waals surface area contributed by atoms with Gasteiger partial charge in [-0.2, -0.15) is 0 Å². The van der Waals surface area contributed by atoms with E-state index in [2.05, 4.69) is 10.6 Å². The average Bonchev–Trinajstić information content (AvgIpc) is 2.48. The van der Waals surface area contributed by atoms with E-state index in [-0.39, 0.29) is 6.54 Å². The molecule has 0 aliphatic heterocycles. The zero-order chi connectivity index (χ0) is 16.2. The molecule has 1 saturated carbocycles. The van der Waals surface area contributed by atoms with Crippen molar-refractivity contribution in [2.75, 3.05) is 11.9 Å². The topological polar surface area (TPSA) is 78.4 Å². The number of hydrogen-bond acceptors (Lipinski definition) is 3. The van der Waals surface area contributed by atoms with Crippen LogP contribution in [0.25, 0.3) is 0 Å². The maximum atomic E-state index is 13.0. The van der Waals surface area contributed by atoms with Crippen molar-refractivity contribution >= 4 is 17.5 Å². The molecule has 3 N–H and O–H groups in total. The van der Waals surface area contributed by atoms with Gasteiger partial charge in [0.25, 0.3) is 0 Å². The lowest BCUT2D eigenvalue weighted by molar-refractivity contribution is -0.137. The zero-order valence-corrected chi connectivity index (χ0v) is 12.6. The van der Waals surface area contributed by atoms with Crippen molar-refractivity contribution in [1.82, 2.24) is 5.32 Å². The second-order valence-corrected chi connectivity index (χ2v) is 5.88. The number of amides is 2. The van der Waals surface area contributed by atoms with Crippen molar-refractivity contribution in [2.45, 2.75) is 44.6 Å². The van der Waals surface area contributed by atoms with Gasteiger partial charge in [0, 0.05) is 12.2 Å². The Morgan fingerprint density at radius 2 is 1.91 bits per heavy atom. The van der Waals surface area contributed by atoms with Gasteiger partial charge in [0.1, 0.15) is 5.82 Å². The fourth-order valence-electron chi connectivity index (χ4n) is 2.66. The molecule has 5 nitrogen and oxygen atoms in total. The van der Waals surface area contributed by atoms with Crippen molar-refractivity contribution in [2.24, 2.45) is 0 Å². The summed E-state index contributed by atoms with van der Waals surface area (Å²) in [7, 11) is 0. The molecular weight excluding hydrogens is 287 g/mol. The summed E-state index contributed by atoms with van der Waals surface area (Å²) in [5, 5.41) is 15.2. The number of rotatable bonds is 3. The van der Waals surface area contributed by atoms with E-state index in [4.69, 9.17) is 0 Å². The van der Waals surface area contributed by atoms with Gasteiger partial charge in [-0.15, -0.1) is 0 Å². The van der Waals surface area contributed by atoms with E-state index in [1.54, 1.807) is 6.92 Å². The first-order valence-corrected chi connectivity index (χ1v) is 7.47. The molecule has 0 heterocycles. The van der Waals surface area contributed by atoms with Crippen LogP contribution in [0.2, 0.25) is 0 Å². The zero-order valence-electron chi connectivity index (χ0n) is 12.6. The summed E-state index contributed by atoms with van der Waals surface area (Å²) in [6.07, 6.45) is 4.19. The highest BCUT2D eigenvalue weighted by Gasteiger charge is 2.30. The van der Waals surface area contributed by atoms with Crippen LogP contribution in [0.15, 0.2) is 18.2 Å². The third-order valence-corrected chi connectivity index (χ3v) is 4.01. The quantitative estimate of drug-likeness (QED) is 0.746. The molecule has 1 aliphatic carbocycles. The molecule has 120 valence electrons. The molecule has 0 aromatic heterocycles. The Morgan fingerprint density at radius 1 is 1.23 bits per heavy atom. The number of aryl methyl sites for hydroxylation is 1. The molecule has 0 radical (unpaired) electrons. The Labute approximate surface area is 128 Å². The van der Waals surface area contributed by atoms with E-state index >= 15 is 0 Å².